The van der Waals surface area contributed by atoms with Crippen LogP contribution in [-0.2, 0) is 0 Å². The highest BCUT2D eigenvalue weighted by Gasteiger charge is 2.05. The van der Waals surface area contributed by atoms with Gasteiger partial charge in [-0.1, -0.05) is 12.1 Å². The Balaban J connectivity index is 1.81. The molecule has 0 spiro atoms. The van der Waals surface area contributed by atoms with Crippen molar-refractivity contribution in [2.75, 3.05) is 17.7 Å². The lowest BCUT2D eigenvalue weighted by molar-refractivity contribution is 0.415. The van der Waals surface area contributed by atoms with E-state index in [-0.39, 0.29) is 0 Å². The van der Waals surface area contributed by atoms with Crippen molar-refractivity contribution in [3.63, 3.8) is 0 Å². The van der Waals surface area contributed by atoms with E-state index in [0.29, 0.717) is 5.82 Å². The quantitative estimate of drug-likeness (QED) is 0.644. The number of nitrogens with one attached hydrogen (secondary N) is 2. The Morgan fingerprint density at radius 1 is 0.917 bits per heavy atom. The molecular formula is C18H17BrN4O. The molecular weight excluding hydrogens is 368 g/mol. The zero-order chi connectivity index (χ0) is 16.9. The fraction of sp³-hybridized carbons (Fsp3) is 0.111. The van der Waals surface area contributed by atoms with E-state index in [2.05, 4.69) is 36.5 Å². The molecule has 0 saturated carbocycles. The zero-order valence-electron chi connectivity index (χ0n) is 13.4. The highest BCUT2D eigenvalue weighted by atomic mass is 79.9. The summed E-state index contributed by atoms with van der Waals surface area (Å²) in [6, 6.07) is 17.5. The Kier molecular flexibility index (Phi) is 4.96. The molecule has 0 amide bonds. The number of hydrogen-bond donors (Lipinski definition) is 2. The van der Waals surface area contributed by atoms with Crippen LogP contribution in [0.15, 0.2) is 59.1 Å². The van der Waals surface area contributed by atoms with Crippen LogP contribution in [0.3, 0.4) is 0 Å². The highest BCUT2D eigenvalue weighted by Crippen LogP contribution is 2.26. The number of hydrogen-bond acceptors (Lipinski definition) is 5. The number of aryl methyl sites for hydroxylation is 1. The van der Waals surface area contributed by atoms with Gasteiger partial charge in [0, 0.05) is 16.2 Å². The summed E-state index contributed by atoms with van der Waals surface area (Å²) < 4.78 is 6.15. The molecule has 1 heterocycles. The van der Waals surface area contributed by atoms with Crippen LogP contribution in [0.5, 0.6) is 5.75 Å². The lowest BCUT2D eigenvalue weighted by Crippen LogP contribution is -2.01. The number of anilines is 4. The average molecular weight is 385 g/mol. The van der Waals surface area contributed by atoms with Gasteiger partial charge in [0.25, 0.3) is 0 Å². The van der Waals surface area contributed by atoms with Gasteiger partial charge in [0.2, 0.25) is 0 Å². The molecule has 0 unspecified atom stereocenters. The van der Waals surface area contributed by atoms with Gasteiger partial charge in [-0.2, -0.15) is 0 Å². The smallest absolute Gasteiger partial charge is 0.136 e. The summed E-state index contributed by atoms with van der Waals surface area (Å²) in [5, 5.41) is 6.58. The predicted molar refractivity (Wildman–Crippen MR) is 100 cm³/mol. The number of ether oxygens (including phenoxy) is 1. The fourth-order valence-electron chi connectivity index (χ4n) is 2.22. The number of para-hydroxylation sites is 1. The van der Waals surface area contributed by atoms with Gasteiger partial charge in [0.15, 0.2) is 0 Å². The molecule has 0 aliphatic heterocycles. The maximum atomic E-state index is 5.17. The van der Waals surface area contributed by atoms with Crippen molar-refractivity contribution >= 4 is 38.9 Å². The van der Waals surface area contributed by atoms with Crippen LogP contribution in [0, 0.1) is 6.92 Å². The second-order valence-electron chi connectivity index (χ2n) is 5.14. The summed E-state index contributed by atoms with van der Waals surface area (Å²) >= 11 is 3.52. The van der Waals surface area contributed by atoms with Crippen molar-refractivity contribution in [2.24, 2.45) is 0 Å². The first-order chi connectivity index (χ1) is 11.6. The third kappa shape index (κ3) is 4.02. The lowest BCUT2D eigenvalue weighted by Gasteiger charge is -2.11. The third-order valence-corrected chi connectivity index (χ3v) is 4.03. The van der Waals surface area contributed by atoms with Crippen LogP contribution < -0.4 is 15.4 Å². The number of nitrogens with zero attached hydrogens (tertiary/aromatic N) is 2. The molecule has 24 heavy (non-hydrogen) atoms. The second-order valence-corrected chi connectivity index (χ2v) is 6.00. The maximum absolute atomic E-state index is 5.17. The number of methoxy groups -OCH3 is 1. The number of aromatic nitrogens is 2. The molecule has 0 saturated heterocycles. The van der Waals surface area contributed by atoms with Crippen LogP contribution in [0.1, 0.15) is 5.82 Å². The van der Waals surface area contributed by atoms with Crippen molar-refractivity contribution in [1.29, 1.82) is 0 Å². The van der Waals surface area contributed by atoms with Gasteiger partial charge in [-0.25, -0.2) is 9.97 Å². The largest absolute Gasteiger partial charge is 0.497 e. The molecule has 0 aliphatic carbocycles. The van der Waals surface area contributed by atoms with Gasteiger partial charge >= 0.3 is 0 Å². The molecule has 0 aliphatic rings. The molecule has 122 valence electrons. The van der Waals surface area contributed by atoms with Crippen LogP contribution in [0.25, 0.3) is 0 Å². The van der Waals surface area contributed by atoms with Crippen molar-refractivity contribution < 1.29 is 4.74 Å². The van der Waals surface area contributed by atoms with E-state index >= 15 is 0 Å². The Hall–Kier alpha value is -2.60. The summed E-state index contributed by atoms with van der Waals surface area (Å²) in [4.78, 5) is 8.87. The molecule has 1 aromatic heterocycles. The van der Waals surface area contributed by atoms with E-state index < -0.39 is 0 Å². The number of halogens is 1. The zero-order valence-corrected chi connectivity index (χ0v) is 15.0. The summed E-state index contributed by atoms with van der Waals surface area (Å²) in [7, 11) is 1.65. The van der Waals surface area contributed by atoms with E-state index in [1.54, 1.807) is 7.11 Å². The topological polar surface area (TPSA) is 59.1 Å². The Morgan fingerprint density at radius 2 is 1.58 bits per heavy atom. The van der Waals surface area contributed by atoms with Gasteiger partial charge in [-0.15, -0.1) is 0 Å². The molecule has 2 aromatic carbocycles. The minimum atomic E-state index is 0.683. The monoisotopic (exact) mass is 384 g/mol. The van der Waals surface area contributed by atoms with Gasteiger partial charge in [0.05, 0.1) is 12.8 Å². The Bertz CT molecular complexity index is 837. The second kappa shape index (κ2) is 7.31. The molecule has 0 bridgehead atoms. The lowest BCUT2D eigenvalue weighted by atomic mass is 10.3. The van der Waals surface area contributed by atoms with Gasteiger partial charge in [0.1, 0.15) is 23.2 Å². The standard InChI is InChI=1S/C18H17BrN4O/c1-12-20-17(22-13-7-9-14(24-2)10-8-13)11-18(21-12)23-16-6-4-3-5-15(16)19/h3-11H,1-2H3,(H2,20,21,22,23). The molecule has 0 atom stereocenters. The van der Waals surface area contributed by atoms with Crippen LogP contribution in [-0.4, -0.2) is 17.1 Å². The highest BCUT2D eigenvalue weighted by molar-refractivity contribution is 9.10. The summed E-state index contributed by atoms with van der Waals surface area (Å²) in [5.74, 6) is 2.95. The van der Waals surface area contributed by atoms with Crippen molar-refractivity contribution in [3.8, 4) is 5.75 Å². The summed E-state index contributed by atoms with van der Waals surface area (Å²) in [5.41, 5.74) is 1.88. The van der Waals surface area contributed by atoms with E-state index in [1.807, 2.05) is 61.5 Å². The molecule has 3 rings (SSSR count). The first kappa shape index (κ1) is 16.3. The van der Waals surface area contributed by atoms with E-state index in [0.717, 1.165) is 33.2 Å². The van der Waals surface area contributed by atoms with Crippen LogP contribution >= 0.6 is 15.9 Å². The van der Waals surface area contributed by atoms with E-state index in [9.17, 15) is 0 Å². The molecule has 6 heteroatoms. The van der Waals surface area contributed by atoms with Gasteiger partial charge in [-0.05, 0) is 59.3 Å². The van der Waals surface area contributed by atoms with E-state index in [1.165, 1.54) is 0 Å². The molecule has 3 aromatic rings. The van der Waals surface area contributed by atoms with Gasteiger partial charge < -0.3 is 15.4 Å². The van der Waals surface area contributed by atoms with Crippen molar-refractivity contribution in [2.45, 2.75) is 6.92 Å². The molecule has 0 radical (unpaired) electrons. The molecule has 0 fully saturated rings. The van der Waals surface area contributed by atoms with E-state index in [4.69, 9.17) is 4.74 Å². The number of rotatable bonds is 5. The first-order valence-corrected chi connectivity index (χ1v) is 8.21. The van der Waals surface area contributed by atoms with Crippen LogP contribution in [0.4, 0.5) is 23.0 Å². The Morgan fingerprint density at radius 3 is 2.25 bits per heavy atom. The maximum Gasteiger partial charge on any atom is 0.136 e. The normalized spacial score (nSPS) is 10.3. The minimum absolute atomic E-state index is 0.683. The van der Waals surface area contributed by atoms with Crippen molar-refractivity contribution in [3.05, 3.63) is 64.9 Å². The first-order valence-electron chi connectivity index (χ1n) is 7.42. The average Bonchev–Trinajstić information content (AvgIpc) is 2.57. The summed E-state index contributed by atoms with van der Waals surface area (Å²) in [6.07, 6.45) is 0. The van der Waals surface area contributed by atoms with Gasteiger partial charge in [-0.3, -0.25) is 0 Å². The molecule has 2 N–H and O–H groups in total. The third-order valence-electron chi connectivity index (χ3n) is 3.34. The Labute approximate surface area is 149 Å². The van der Waals surface area contributed by atoms with Crippen LogP contribution in [0.2, 0.25) is 0 Å². The summed E-state index contributed by atoms with van der Waals surface area (Å²) in [6.45, 7) is 1.87. The predicted octanol–water partition coefficient (Wildman–Crippen LogP) is 5.04. The van der Waals surface area contributed by atoms with Crippen molar-refractivity contribution in [1.82, 2.24) is 9.97 Å². The minimum Gasteiger partial charge on any atom is -0.497 e. The molecule has 5 nitrogen and oxygen atoms in total. The number of benzene rings is 2. The SMILES string of the molecule is COc1ccc(Nc2cc(Nc3ccccc3Br)nc(C)n2)cc1. The fourth-order valence-corrected chi connectivity index (χ4v) is 2.60.